The number of aromatic nitrogens is 3. The lowest BCUT2D eigenvalue weighted by Gasteiger charge is -2.30. The first-order valence-electron chi connectivity index (χ1n) is 14.2. The van der Waals surface area contributed by atoms with Gasteiger partial charge < -0.3 is 19.9 Å². The Labute approximate surface area is 226 Å². The zero-order valence-corrected chi connectivity index (χ0v) is 22.3. The number of rotatable bonds is 9. The van der Waals surface area contributed by atoms with Crippen molar-refractivity contribution in [1.29, 1.82) is 0 Å². The molecule has 3 aromatic rings. The van der Waals surface area contributed by atoms with E-state index in [2.05, 4.69) is 62.5 Å². The number of fused-ring (bicyclic) bond motifs is 1. The predicted octanol–water partition coefficient (Wildman–Crippen LogP) is 3.83. The zero-order valence-electron chi connectivity index (χ0n) is 22.3. The molecular formula is C30H39N7O. The molecule has 0 spiro atoms. The Hall–Kier alpha value is -3.07. The molecule has 38 heavy (non-hydrogen) atoms. The topological polar surface area (TPSA) is 69.7 Å². The lowest BCUT2D eigenvalue weighted by atomic mass is 10.0. The van der Waals surface area contributed by atoms with E-state index in [4.69, 9.17) is 19.7 Å². The number of morpholine rings is 1. The van der Waals surface area contributed by atoms with E-state index in [0.717, 1.165) is 101 Å². The summed E-state index contributed by atoms with van der Waals surface area (Å²) in [7, 11) is 0. The second-order valence-electron chi connectivity index (χ2n) is 10.6. The second-order valence-corrected chi connectivity index (χ2v) is 10.6. The van der Waals surface area contributed by atoms with E-state index in [9.17, 15) is 0 Å². The highest BCUT2D eigenvalue weighted by molar-refractivity contribution is 5.61. The molecule has 3 aliphatic heterocycles. The summed E-state index contributed by atoms with van der Waals surface area (Å²) >= 11 is 0. The van der Waals surface area contributed by atoms with Gasteiger partial charge in [-0.1, -0.05) is 30.3 Å². The van der Waals surface area contributed by atoms with Crippen LogP contribution in [0.4, 0.5) is 11.6 Å². The minimum absolute atomic E-state index is 0.754. The molecule has 2 fully saturated rings. The van der Waals surface area contributed by atoms with Crippen LogP contribution in [0.1, 0.15) is 36.1 Å². The Morgan fingerprint density at radius 3 is 2.50 bits per heavy atom. The van der Waals surface area contributed by atoms with Gasteiger partial charge in [-0.05, 0) is 63.0 Å². The third-order valence-electron chi connectivity index (χ3n) is 7.88. The molecule has 0 atom stereocenters. The van der Waals surface area contributed by atoms with E-state index in [1.54, 1.807) is 0 Å². The molecule has 0 radical (unpaired) electrons. The molecule has 8 nitrogen and oxygen atoms in total. The molecule has 2 aromatic heterocycles. The molecule has 1 aromatic carbocycles. The average Bonchev–Trinajstić information content (AvgIpc) is 3.50. The standard InChI is InChI=1S/C30H39N7O/c1-2-7-24(8-3-1)22-36-16-11-26-27(23-36)33-29(34-30(26)31-12-6-15-35-13-4-5-14-35)25-9-10-28(32-21-25)37-17-19-38-20-18-37/h1-3,7-10,21H,4-6,11-20,22-23H2,(H,31,33,34). The Kier molecular flexibility index (Phi) is 8.09. The summed E-state index contributed by atoms with van der Waals surface area (Å²) in [6, 6.07) is 14.9. The maximum atomic E-state index is 5.49. The number of hydrogen-bond acceptors (Lipinski definition) is 8. The number of nitrogens with zero attached hydrogens (tertiary/aromatic N) is 6. The van der Waals surface area contributed by atoms with Gasteiger partial charge in [0.25, 0.3) is 0 Å². The van der Waals surface area contributed by atoms with Crippen LogP contribution in [0, 0.1) is 0 Å². The third kappa shape index (κ3) is 6.14. The van der Waals surface area contributed by atoms with Crippen LogP contribution in [0.15, 0.2) is 48.7 Å². The molecule has 0 bridgehead atoms. The van der Waals surface area contributed by atoms with Gasteiger partial charge in [0.05, 0.1) is 18.9 Å². The smallest absolute Gasteiger partial charge is 0.163 e. The fourth-order valence-electron chi connectivity index (χ4n) is 5.75. The van der Waals surface area contributed by atoms with Crippen LogP contribution >= 0.6 is 0 Å². The van der Waals surface area contributed by atoms with E-state index in [1.807, 2.05) is 6.20 Å². The lowest BCUT2D eigenvalue weighted by Crippen LogP contribution is -2.36. The number of ether oxygens (including phenoxy) is 1. The van der Waals surface area contributed by atoms with Gasteiger partial charge in [0.15, 0.2) is 5.82 Å². The molecule has 3 aliphatic rings. The van der Waals surface area contributed by atoms with Gasteiger partial charge in [0, 0.05) is 56.6 Å². The number of pyridine rings is 1. The largest absolute Gasteiger partial charge is 0.378 e. The molecule has 0 saturated carbocycles. The van der Waals surface area contributed by atoms with Gasteiger partial charge in [-0.15, -0.1) is 0 Å². The number of anilines is 2. The van der Waals surface area contributed by atoms with Gasteiger partial charge in [0.2, 0.25) is 0 Å². The van der Waals surface area contributed by atoms with Crippen LogP contribution in [0.2, 0.25) is 0 Å². The van der Waals surface area contributed by atoms with Crippen molar-refractivity contribution in [2.24, 2.45) is 0 Å². The Morgan fingerprint density at radius 2 is 1.71 bits per heavy atom. The minimum atomic E-state index is 0.754. The number of hydrogen-bond donors (Lipinski definition) is 1. The highest BCUT2D eigenvalue weighted by atomic mass is 16.5. The summed E-state index contributed by atoms with van der Waals surface area (Å²) in [5.74, 6) is 2.75. The van der Waals surface area contributed by atoms with Crippen molar-refractivity contribution in [3.8, 4) is 11.4 Å². The summed E-state index contributed by atoms with van der Waals surface area (Å²) < 4.78 is 5.49. The van der Waals surface area contributed by atoms with Crippen molar-refractivity contribution in [2.45, 2.75) is 38.8 Å². The Balaban J connectivity index is 1.21. The predicted molar refractivity (Wildman–Crippen MR) is 151 cm³/mol. The van der Waals surface area contributed by atoms with Gasteiger partial charge in [-0.2, -0.15) is 0 Å². The first-order valence-corrected chi connectivity index (χ1v) is 14.2. The van der Waals surface area contributed by atoms with Gasteiger partial charge in [-0.25, -0.2) is 15.0 Å². The first kappa shape index (κ1) is 25.2. The third-order valence-corrected chi connectivity index (χ3v) is 7.88. The van der Waals surface area contributed by atoms with Crippen LogP contribution in [-0.4, -0.2) is 83.8 Å². The highest BCUT2D eigenvalue weighted by Gasteiger charge is 2.23. The molecule has 8 heteroatoms. The number of nitrogens with one attached hydrogen (secondary N) is 1. The lowest BCUT2D eigenvalue weighted by molar-refractivity contribution is 0.122. The summed E-state index contributed by atoms with van der Waals surface area (Å²) in [5.41, 5.74) is 4.71. The molecule has 1 N–H and O–H groups in total. The van der Waals surface area contributed by atoms with Crippen molar-refractivity contribution in [3.63, 3.8) is 0 Å². The van der Waals surface area contributed by atoms with Gasteiger partial charge in [-0.3, -0.25) is 4.90 Å². The van der Waals surface area contributed by atoms with Crippen LogP contribution in [0.3, 0.4) is 0 Å². The fraction of sp³-hybridized carbons (Fsp3) is 0.500. The Bertz CT molecular complexity index is 1180. The van der Waals surface area contributed by atoms with Crippen LogP contribution in [0.25, 0.3) is 11.4 Å². The summed E-state index contributed by atoms with van der Waals surface area (Å²) in [6.45, 7) is 10.6. The van der Waals surface area contributed by atoms with Crippen molar-refractivity contribution >= 4 is 11.6 Å². The molecule has 200 valence electrons. The molecule has 0 unspecified atom stereocenters. The minimum Gasteiger partial charge on any atom is -0.378 e. The SMILES string of the molecule is c1ccc(CN2CCc3c(nc(-c4ccc(N5CCOCC5)nc4)nc3NCCCN3CCCC3)C2)cc1. The molecule has 2 saturated heterocycles. The van der Waals surface area contributed by atoms with Crippen molar-refractivity contribution in [3.05, 3.63) is 65.5 Å². The maximum Gasteiger partial charge on any atom is 0.163 e. The average molecular weight is 514 g/mol. The zero-order chi connectivity index (χ0) is 25.6. The fourth-order valence-corrected chi connectivity index (χ4v) is 5.75. The molecule has 0 aliphatic carbocycles. The van der Waals surface area contributed by atoms with E-state index in [0.29, 0.717) is 0 Å². The maximum absolute atomic E-state index is 5.49. The molecular weight excluding hydrogens is 474 g/mol. The van der Waals surface area contributed by atoms with Crippen molar-refractivity contribution in [1.82, 2.24) is 24.8 Å². The molecule has 5 heterocycles. The number of likely N-dealkylation sites (tertiary alicyclic amines) is 1. The quantitative estimate of drug-likeness (QED) is 0.433. The molecule has 0 amide bonds. The summed E-state index contributed by atoms with van der Waals surface area (Å²) in [6.07, 6.45) is 6.70. The second kappa shape index (κ2) is 12.2. The Morgan fingerprint density at radius 1 is 0.868 bits per heavy atom. The van der Waals surface area contributed by atoms with E-state index >= 15 is 0 Å². The van der Waals surface area contributed by atoms with Crippen LogP contribution in [0.5, 0.6) is 0 Å². The van der Waals surface area contributed by atoms with E-state index in [-0.39, 0.29) is 0 Å². The van der Waals surface area contributed by atoms with Gasteiger partial charge >= 0.3 is 0 Å². The molecule has 6 rings (SSSR count). The number of benzene rings is 1. The van der Waals surface area contributed by atoms with E-state index < -0.39 is 0 Å². The summed E-state index contributed by atoms with van der Waals surface area (Å²) in [5, 5.41) is 3.70. The van der Waals surface area contributed by atoms with Gasteiger partial charge in [0.1, 0.15) is 11.6 Å². The van der Waals surface area contributed by atoms with Crippen LogP contribution in [-0.2, 0) is 24.2 Å². The monoisotopic (exact) mass is 513 g/mol. The van der Waals surface area contributed by atoms with E-state index in [1.165, 1.54) is 37.1 Å². The van der Waals surface area contributed by atoms with Crippen LogP contribution < -0.4 is 10.2 Å². The first-order chi connectivity index (χ1) is 18.8. The normalized spacial score (nSPS) is 18.5. The van der Waals surface area contributed by atoms with Crippen molar-refractivity contribution < 1.29 is 4.74 Å². The highest BCUT2D eigenvalue weighted by Crippen LogP contribution is 2.28. The summed E-state index contributed by atoms with van der Waals surface area (Å²) in [4.78, 5) is 22.2. The van der Waals surface area contributed by atoms with Crippen molar-refractivity contribution in [2.75, 3.05) is 69.2 Å².